The van der Waals surface area contributed by atoms with Gasteiger partial charge in [-0.05, 0) is 32.4 Å². The van der Waals surface area contributed by atoms with E-state index in [1.807, 2.05) is 6.92 Å². The molecule has 1 heterocycles. The summed E-state index contributed by atoms with van der Waals surface area (Å²) in [7, 11) is 0. The maximum absolute atomic E-state index is 11.1. The van der Waals surface area contributed by atoms with Gasteiger partial charge in [0.25, 0.3) is 0 Å². The van der Waals surface area contributed by atoms with Gasteiger partial charge in [0.05, 0.1) is 0 Å². The molecule has 0 saturated carbocycles. The summed E-state index contributed by atoms with van der Waals surface area (Å²) in [5.41, 5.74) is 0. The molecule has 1 aliphatic rings. The fraction of sp³-hybridized carbons (Fsp3) is 0.667. The Labute approximate surface area is 73.2 Å². The minimum absolute atomic E-state index is 0.0196. The lowest BCUT2D eigenvalue weighted by Crippen LogP contribution is -2.45. The van der Waals surface area contributed by atoms with Gasteiger partial charge in [0.2, 0.25) is 5.91 Å². The van der Waals surface area contributed by atoms with Crippen molar-refractivity contribution in [3.8, 4) is 0 Å². The summed E-state index contributed by atoms with van der Waals surface area (Å²) < 4.78 is 0. The van der Waals surface area contributed by atoms with E-state index in [9.17, 15) is 4.79 Å². The van der Waals surface area contributed by atoms with Gasteiger partial charge in [0.1, 0.15) is 0 Å². The van der Waals surface area contributed by atoms with Crippen LogP contribution in [-0.2, 0) is 4.79 Å². The van der Waals surface area contributed by atoms with Gasteiger partial charge in [0.15, 0.2) is 0 Å². The van der Waals surface area contributed by atoms with Crippen LogP contribution in [0.1, 0.15) is 19.8 Å². The van der Waals surface area contributed by atoms with Crippen molar-refractivity contribution in [3.05, 3.63) is 12.2 Å². The third-order valence-corrected chi connectivity index (χ3v) is 1.96. The highest BCUT2D eigenvalue weighted by molar-refractivity contribution is 5.87. The van der Waals surface area contributed by atoms with Crippen molar-refractivity contribution in [1.82, 2.24) is 10.6 Å². The molecule has 12 heavy (non-hydrogen) atoms. The molecule has 3 heteroatoms. The van der Waals surface area contributed by atoms with Gasteiger partial charge >= 0.3 is 0 Å². The molecule has 0 aromatic heterocycles. The van der Waals surface area contributed by atoms with Crippen LogP contribution in [0.25, 0.3) is 0 Å². The smallest absolute Gasteiger partial charge is 0.243 e. The van der Waals surface area contributed by atoms with Gasteiger partial charge < -0.3 is 10.6 Å². The van der Waals surface area contributed by atoms with Crippen molar-refractivity contribution in [2.24, 2.45) is 0 Å². The van der Waals surface area contributed by atoms with Crippen LogP contribution < -0.4 is 10.6 Å². The van der Waals surface area contributed by atoms with Crippen molar-refractivity contribution in [2.45, 2.75) is 25.8 Å². The lowest BCUT2D eigenvalue weighted by molar-refractivity contribution is -0.117. The Hall–Kier alpha value is -0.830. The molecule has 0 aromatic carbocycles. The zero-order valence-corrected chi connectivity index (χ0v) is 7.47. The van der Waals surface area contributed by atoms with E-state index in [4.69, 9.17) is 0 Å². The molecule has 1 amide bonds. The summed E-state index contributed by atoms with van der Waals surface area (Å²) in [5, 5.41) is 6.18. The largest absolute Gasteiger partial charge is 0.349 e. The number of nitrogens with one attached hydrogen (secondary N) is 2. The molecule has 0 aromatic rings. The van der Waals surface area contributed by atoms with E-state index in [2.05, 4.69) is 10.6 Å². The highest BCUT2D eigenvalue weighted by Gasteiger charge is 2.13. The first-order chi connectivity index (χ1) is 5.83. The first-order valence-corrected chi connectivity index (χ1v) is 4.47. The predicted octanol–water partition coefficient (Wildman–Crippen LogP) is 0.431. The molecule has 1 atom stereocenters. The average Bonchev–Trinajstić information content (AvgIpc) is 2.06. The number of carbonyl (C=O) groups is 1. The molecule has 0 bridgehead atoms. The highest BCUT2D eigenvalue weighted by atomic mass is 16.1. The summed E-state index contributed by atoms with van der Waals surface area (Å²) in [6.07, 6.45) is 5.57. The molecular weight excluding hydrogens is 152 g/mol. The second-order valence-electron chi connectivity index (χ2n) is 3.05. The van der Waals surface area contributed by atoms with Crippen molar-refractivity contribution in [3.63, 3.8) is 0 Å². The van der Waals surface area contributed by atoms with Crippen molar-refractivity contribution < 1.29 is 4.79 Å². The van der Waals surface area contributed by atoms with Crippen molar-refractivity contribution in [1.29, 1.82) is 0 Å². The third-order valence-electron chi connectivity index (χ3n) is 1.96. The summed E-state index contributed by atoms with van der Waals surface area (Å²) in [6, 6.07) is 0.322. The molecule has 0 radical (unpaired) electrons. The van der Waals surface area contributed by atoms with Crippen molar-refractivity contribution >= 4 is 5.91 Å². The number of hydrogen-bond donors (Lipinski definition) is 2. The van der Waals surface area contributed by atoms with Crippen LogP contribution in [0.5, 0.6) is 0 Å². The van der Waals surface area contributed by atoms with Crippen LogP contribution in [0.15, 0.2) is 12.2 Å². The Kier molecular flexibility index (Phi) is 3.80. The number of hydrogen-bond acceptors (Lipinski definition) is 2. The van der Waals surface area contributed by atoms with Gasteiger partial charge in [0, 0.05) is 12.6 Å². The minimum atomic E-state index is 0.0196. The maximum Gasteiger partial charge on any atom is 0.243 e. The van der Waals surface area contributed by atoms with E-state index in [0.717, 1.165) is 25.9 Å². The van der Waals surface area contributed by atoms with Crippen LogP contribution in [-0.4, -0.2) is 25.0 Å². The second kappa shape index (κ2) is 4.93. The fourth-order valence-electron chi connectivity index (χ4n) is 1.38. The molecule has 0 spiro atoms. The normalized spacial score (nSPS) is 24.2. The summed E-state index contributed by atoms with van der Waals surface area (Å²) in [6.45, 7) is 3.83. The molecule has 1 unspecified atom stereocenters. The van der Waals surface area contributed by atoms with E-state index >= 15 is 0 Å². The topological polar surface area (TPSA) is 41.1 Å². The zero-order chi connectivity index (χ0) is 8.81. The zero-order valence-electron chi connectivity index (χ0n) is 7.47. The molecule has 2 N–H and O–H groups in total. The number of carbonyl (C=O) groups excluding carboxylic acids is 1. The number of allylic oxidation sites excluding steroid dienone is 1. The third kappa shape index (κ3) is 3.05. The van der Waals surface area contributed by atoms with Crippen LogP contribution >= 0.6 is 0 Å². The van der Waals surface area contributed by atoms with Gasteiger partial charge in [-0.15, -0.1) is 0 Å². The Morgan fingerprint density at radius 2 is 2.50 bits per heavy atom. The van der Waals surface area contributed by atoms with Gasteiger partial charge in [-0.1, -0.05) is 6.08 Å². The Balaban J connectivity index is 2.24. The first kappa shape index (κ1) is 9.26. The molecule has 68 valence electrons. The molecule has 1 saturated heterocycles. The second-order valence-corrected chi connectivity index (χ2v) is 3.05. The van der Waals surface area contributed by atoms with Crippen molar-refractivity contribution in [2.75, 3.05) is 13.1 Å². The molecule has 1 fully saturated rings. The van der Waals surface area contributed by atoms with Crippen LogP contribution in [0.2, 0.25) is 0 Å². The standard InChI is InChI=1S/C9H16N2O/c1-2-4-9(12)11-8-5-3-6-10-7-8/h2,4,8,10H,3,5-7H2,1H3,(H,11,12)/b4-2+. The molecular formula is C9H16N2O. The summed E-state index contributed by atoms with van der Waals surface area (Å²) in [5.74, 6) is 0.0196. The van der Waals surface area contributed by atoms with E-state index < -0.39 is 0 Å². The lowest BCUT2D eigenvalue weighted by atomic mass is 10.1. The number of piperidine rings is 1. The molecule has 3 nitrogen and oxygen atoms in total. The van der Waals surface area contributed by atoms with E-state index in [1.165, 1.54) is 0 Å². The average molecular weight is 168 g/mol. The number of rotatable bonds is 2. The SMILES string of the molecule is C/C=C/C(=O)NC1CCCNC1. The number of amides is 1. The molecule has 1 aliphatic heterocycles. The van der Waals surface area contributed by atoms with Crippen LogP contribution in [0.3, 0.4) is 0 Å². The monoisotopic (exact) mass is 168 g/mol. The van der Waals surface area contributed by atoms with E-state index in [1.54, 1.807) is 12.2 Å². The highest BCUT2D eigenvalue weighted by Crippen LogP contribution is 2.00. The van der Waals surface area contributed by atoms with E-state index in [-0.39, 0.29) is 5.91 Å². The molecule has 0 aliphatic carbocycles. The minimum Gasteiger partial charge on any atom is -0.349 e. The van der Waals surface area contributed by atoms with Gasteiger partial charge in [-0.3, -0.25) is 4.79 Å². The quantitative estimate of drug-likeness (QED) is 0.587. The van der Waals surface area contributed by atoms with Crippen LogP contribution in [0, 0.1) is 0 Å². The fourth-order valence-corrected chi connectivity index (χ4v) is 1.38. The lowest BCUT2D eigenvalue weighted by Gasteiger charge is -2.23. The Morgan fingerprint density at radius 3 is 3.08 bits per heavy atom. The van der Waals surface area contributed by atoms with Gasteiger partial charge in [-0.2, -0.15) is 0 Å². The molecule has 1 rings (SSSR count). The summed E-state index contributed by atoms with van der Waals surface area (Å²) in [4.78, 5) is 11.1. The van der Waals surface area contributed by atoms with E-state index in [0.29, 0.717) is 6.04 Å². The van der Waals surface area contributed by atoms with Crippen LogP contribution in [0.4, 0.5) is 0 Å². The maximum atomic E-state index is 11.1. The Bertz CT molecular complexity index is 171. The Morgan fingerprint density at radius 1 is 1.67 bits per heavy atom. The first-order valence-electron chi connectivity index (χ1n) is 4.47. The summed E-state index contributed by atoms with van der Waals surface area (Å²) >= 11 is 0. The van der Waals surface area contributed by atoms with Gasteiger partial charge in [-0.25, -0.2) is 0 Å². The predicted molar refractivity (Wildman–Crippen MR) is 48.8 cm³/mol.